The molecule has 1 heterocycles. The van der Waals surface area contributed by atoms with Gasteiger partial charge in [0.1, 0.15) is 5.82 Å². The van der Waals surface area contributed by atoms with E-state index in [1.165, 1.54) is 5.56 Å². The number of fused-ring (bicyclic) bond motifs is 1. The maximum Gasteiger partial charge on any atom is 0.255 e. The minimum atomic E-state index is -0.457. The molecular formula is C18H18N4O2. The van der Waals surface area contributed by atoms with E-state index in [0.29, 0.717) is 22.4 Å². The first-order valence-corrected chi connectivity index (χ1v) is 7.58. The van der Waals surface area contributed by atoms with Crippen molar-refractivity contribution >= 4 is 28.5 Å². The Kier molecular flexibility index (Phi) is 4.04. The largest absolute Gasteiger partial charge is 0.369 e. The molecule has 0 spiro atoms. The zero-order valence-corrected chi connectivity index (χ0v) is 13.5. The van der Waals surface area contributed by atoms with Crippen LogP contribution in [0.25, 0.3) is 11.0 Å². The highest BCUT2D eigenvalue weighted by Gasteiger charge is 2.11. The number of anilines is 1. The predicted molar refractivity (Wildman–Crippen MR) is 92.9 cm³/mol. The number of aromatic nitrogens is 2. The molecule has 0 saturated carbocycles. The molecule has 0 radical (unpaired) electrons. The molecule has 1 aromatic heterocycles. The summed E-state index contributed by atoms with van der Waals surface area (Å²) in [5, 5.41) is 2.88. The number of amides is 2. The van der Waals surface area contributed by atoms with Crippen molar-refractivity contribution in [1.82, 2.24) is 9.97 Å². The molecular weight excluding hydrogens is 304 g/mol. The molecule has 0 unspecified atom stereocenters. The Morgan fingerprint density at radius 3 is 2.62 bits per heavy atom. The van der Waals surface area contributed by atoms with Crippen molar-refractivity contribution in [2.45, 2.75) is 20.3 Å². The average molecular weight is 322 g/mol. The number of hydrogen-bond acceptors (Lipinski definition) is 3. The summed E-state index contributed by atoms with van der Waals surface area (Å²) in [6, 6.07) is 10.9. The molecule has 0 aliphatic rings. The standard InChI is InChI=1S/C18H18N4O2/c1-10-3-5-13(7-11(10)2)20-18(24)12-4-6-14-15(8-12)22-17(21-14)9-16(19)23/h3-8H,9H2,1-2H3,(H2,19,23)(H,20,24)(H,21,22). The Labute approximate surface area is 139 Å². The van der Waals surface area contributed by atoms with Crippen LogP contribution in [0.3, 0.4) is 0 Å². The fourth-order valence-electron chi connectivity index (χ4n) is 2.47. The Hall–Kier alpha value is -3.15. The lowest BCUT2D eigenvalue weighted by atomic mass is 10.1. The van der Waals surface area contributed by atoms with Gasteiger partial charge in [0.25, 0.3) is 5.91 Å². The van der Waals surface area contributed by atoms with E-state index >= 15 is 0 Å². The van der Waals surface area contributed by atoms with Gasteiger partial charge in [-0.1, -0.05) is 6.07 Å². The molecule has 2 aromatic carbocycles. The van der Waals surface area contributed by atoms with Gasteiger partial charge in [-0.2, -0.15) is 0 Å². The number of hydrogen-bond donors (Lipinski definition) is 3. The van der Waals surface area contributed by atoms with Crippen molar-refractivity contribution in [3.05, 3.63) is 58.9 Å². The van der Waals surface area contributed by atoms with Crippen molar-refractivity contribution in [1.29, 1.82) is 0 Å². The maximum absolute atomic E-state index is 12.4. The molecule has 122 valence electrons. The number of carbonyl (C=O) groups excluding carboxylic acids is 2. The topological polar surface area (TPSA) is 101 Å². The normalized spacial score (nSPS) is 10.8. The highest BCUT2D eigenvalue weighted by Crippen LogP contribution is 2.18. The number of benzene rings is 2. The molecule has 4 N–H and O–H groups in total. The molecule has 0 saturated heterocycles. The van der Waals surface area contributed by atoms with Gasteiger partial charge >= 0.3 is 0 Å². The van der Waals surface area contributed by atoms with Crippen LogP contribution in [0.15, 0.2) is 36.4 Å². The van der Waals surface area contributed by atoms with Crippen LogP contribution < -0.4 is 11.1 Å². The molecule has 3 aromatic rings. The molecule has 0 atom stereocenters. The van der Waals surface area contributed by atoms with Gasteiger partial charge in [-0.05, 0) is 55.3 Å². The maximum atomic E-state index is 12.4. The van der Waals surface area contributed by atoms with E-state index in [0.717, 1.165) is 11.3 Å². The van der Waals surface area contributed by atoms with Crippen LogP contribution in [0.5, 0.6) is 0 Å². The lowest BCUT2D eigenvalue weighted by molar-refractivity contribution is -0.117. The molecule has 6 heteroatoms. The lowest BCUT2D eigenvalue weighted by Gasteiger charge is -2.07. The van der Waals surface area contributed by atoms with Crippen LogP contribution in [0.1, 0.15) is 27.3 Å². The SMILES string of the molecule is Cc1ccc(NC(=O)c2ccc3nc(CC(N)=O)[nH]c3c2)cc1C. The molecule has 0 aliphatic carbocycles. The number of rotatable bonds is 4. The van der Waals surface area contributed by atoms with E-state index in [9.17, 15) is 9.59 Å². The number of primary amides is 1. The summed E-state index contributed by atoms with van der Waals surface area (Å²) in [5.74, 6) is -0.169. The minimum absolute atomic E-state index is 0.0405. The summed E-state index contributed by atoms with van der Waals surface area (Å²) in [6.07, 6.45) is 0.0405. The number of nitrogens with two attached hydrogens (primary N) is 1. The van der Waals surface area contributed by atoms with Crippen LogP contribution in [0.2, 0.25) is 0 Å². The summed E-state index contributed by atoms with van der Waals surface area (Å²) in [4.78, 5) is 30.7. The second-order valence-electron chi connectivity index (χ2n) is 5.81. The predicted octanol–water partition coefficient (Wildman–Crippen LogP) is 2.46. The summed E-state index contributed by atoms with van der Waals surface area (Å²) in [6.45, 7) is 4.03. The van der Waals surface area contributed by atoms with Gasteiger partial charge in [-0.3, -0.25) is 9.59 Å². The van der Waals surface area contributed by atoms with Gasteiger partial charge in [0, 0.05) is 11.3 Å². The molecule has 0 bridgehead atoms. The summed E-state index contributed by atoms with van der Waals surface area (Å²) >= 11 is 0. The second-order valence-corrected chi connectivity index (χ2v) is 5.81. The molecule has 3 rings (SSSR count). The smallest absolute Gasteiger partial charge is 0.255 e. The van der Waals surface area contributed by atoms with Gasteiger partial charge in [0.2, 0.25) is 5.91 Å². The van der Waals surface area contributed by atoms with Gasteiger partial charge in [0.05, 0.1) is 17.5 Å². The van der Waals surface area contributed by atoms with E-state index in [1.54, 1.807) is 18.2 Å². The van der Waals surface area contributed by atoms with Crippen LogP contribution in [-0.4, -0.2) is 21.8 Å². The Morgan fingerprint density at radius 2 is 1.92 bits per heavy atom. The van der Waals surface area contributed by atoms with Crippen molar-refractivity contribution < 1.29 is 9.59 Å². The van der Waals surface area contributed by atoms with Gasteiger partial charge in [-0.15, -0.1) is 0 Å². The van der Waals surface area contributed by atoms with Crippen molar-refractivity contribution in [3.8, 4) is 0 Å². The van der Waals surface area contributed by atoms with Crippen molar-refractivity contribution in [2.24, 2.45) is 5.73 Å². The molecule has 0 fully saturated rings. The summed E-state index contributed by atoms with van der Waals surface area (Å²) < 4.78 is 0. The third-order valence-electron chi connectivity index (χ3n) is 3.90. The lowest BCUT2D eigenvalue weighted by Crippen LogP contribution is -2.14. The van der Waals surface area contributed by atoms with E-state index in [4.69, 9.17) is 5.73 Å². The number of nitrogens with one attached hydrogen (secondary N) is 2. The second kappa shape index (κ2) is 6.16. The fraction of sp³-hybridized carbons (Fsp3) is 0.167. The van der Waals surface area contributed by atoms with Gasteiger partial charge < -0.3 is 16.0 Å². The van der Waals surface area contributed by atoms with Crippen molar-refractivity contribution in [2.75, 3.05) is 5.32 Å². The summed E-state index contributed by atoms with van der Waals surface area (Å²) in [5.41, 5.74) is 10.1. The van der Waals surface area contributed by atoms with E-state index < -0.39 is 5.91 Å². The first-order chi connectivity index (χ1) is 11.4. The van der Waals surface area contributed by atoms with E-state index in [1.807, 2.05) is 32.0 Å². The molecule has 2 amide bonds. The highest BCUT2D eigenvalue weighted by atomic mass is 16.2. The first-order valence-electron chi connectivity index (χ1n) is 7.58. The quantitative estimate of drug-likeness (QED) is 0.687. The van der Waals surface area contributed by atoms with Crippen LogP contribution in [-0.2, 0) is 11.2 Å². The Balaban J connectivity index is 1.83. The fourth-order valence-corrected chi connectivity index (χ4v) is 2.47. The average Bonchev–Trinajstić information content (AvgIpc) is 2.91. The van der Waals surface area contributed by atoms with Crippen LogP contribution in [0.4, 0.5) is 5.69 Å². The molecule has 24 heavy (non-hydrogen) atoms. The minimum Gasteiger partial charge on any atom is -0.369 e. The third kappa shape index (κ3) is 3.27. The number of imidazole rings is 1. The number of nitrogens with zero attached hydrogens (tertiary/aromatic N) is 1. The Morgan fingerprint density at radius 1 is 1.12 bits per heavy atom. The number of aryl methyl sites for hydroxylation is 2. The molecule has 6 nitrogen and oxygen atoms in total. The summed E-state index contributed by atoms with van der Waals surface area (Å²) in [7, 11) is 0. The number of H-pyrrole nitrogens is 1. The van der Waals surface area contributed by atoms with Gasteiger partial charge in [0.15, 0.2) is 0 Å². The first kappa shape index (κ1) is 15.7. The Bertz CT molecular complexity index is 943. The zero-order chi connectivity index (χ0) is 17.3. The van der Waals surface area contributed by atoms with Crippen LogP contribution in [0, 0.1) is 13.8 Å². The van der Waals surface area contributed by atoms with Crippen LogP contribution >= 0.6 is 0 Å². The van der Waals surface area contributed by atoms with Gasteiger partial charge in [-0.25, -0.2) is 4.98 Å². The van der Waals surface area contributed by atoms with E-state index in [2.05, 4.69) is 15.3 Å². The molecule has 0 aliphatic heterocycles. The highest BCUT2D eigenvalue weighted by molar-refractivity contribution is 6.06. The monoisotopic (exact) mass is 322 g/mol. The zero-order valence-electron chi connectivity index (χ0n) is 13.5. The van der Waals surface area contributed by atoms with Crippen molar-refractivity contribution in [3.63, 3.8) is 0 Å². The number of aromatic amines is 1. The van der Waals surface area contributed by atoms with E-state index in [-0.39, 0.29) is 12.3 Å². The third-order valence-corrected chi connectivity index (χ3v) is 3.90. The number of carbonyl (C=O) groups is 2.